The smallest absolute Gasteiger partial charge is 0.243 e. The van der Waals surface area contributed by atoms with Gasteiger partial charge in [0.15, 0.2) is 0 Å². The third kappa shape index (κ3) is 4.36. The summed E-state index contributed by atoms with van der Waals surface area (Å²) in [5.41, 5.74) is 2.31. The molecule has 3 rings (SSSR count). The SMILES string of the molecule is Cc1ccccc1CCNC(=O)C1CCCN1S(=O)(=O)c1ccc(F)cc1. The number of halogens is 1. The van der Waals surface area contributed by atoms with E-state index in [1.807, 2.05) is 31.2 Å². The number of aryl methyl sites for hydroxylation is 1. The molecule has 0 radical (unpaired) electrons. The lowest BCUT2D eigenvalue weighted by Crippen LogP contribution is -2.46. The van der Waals surface area contributed by atoms with Crippen LogP contribution < -0.4 is 5.32 Å². The van der Waals surface area contributed by atoms with E-state index in [0.29, 0.717) is 25.8 Å². The Hall–Kier alpha value is -2.25. The van der Waals surface area contributed by atoms with Crippen molar-refractivity contribution in [1.29, 1.82) is 0 Å². The van der Waals surface area contributed by atoms with Crippen molar-refractivity contribution in [3.05, 3.63) is 65.5 Å². The summed E-state index contributed by atoms with van der Waals surface area (Å²) in [6.07, 6.45) is 1.79. The number of benzene rings is 2. The molecular formula is C20H23FN2O3S. The molecule has 1 N–H and O–H groups in total. The average Bonchev–Trinajstić information content (AvgIpc) is 3.14. The van der Waals surface area contributed by atoms with Gasteiger partial charge in [0.05, 0.1) is 4.90 Å². The minimum Gasteiger partial charge on any atom is -0.354 e. The van der Waals surface area contributed by atoms with Gasteiger partial charge in [0.2, 0.25) is 15.9 Å². The highest BCUT2D eigenvalue weighted by Crippen LogP contribution is 2.26. The lowest BCUT2D eigenvalue weighted by molar-refractivity contribution is -0.124. The van der Waals surface area contributed by atoms with E-state index in [4.69, 9.17) is 0 Å². The van der Waals surface area contributed by atoms with Gasteiger partial charge in [0.1, 0.15) is 11.9 Å². The number of nitrogens with one attached hydrogen (secondary N) is 1. The first-order valence-corrected chi connectivity index (χ1v) is 10.4. The fourth-order valence-corrected chi connectivity index (χ4v) is 5.02. The van der Waals surface area contributed by atoms with Crippen molar-refractivity contribution >= 4 is 15.9 Å². The van der Waals surface area contributed by atoms with Crippen molar-refractivity contribution in [3.63, 3.8) is 0 Å². The second kappa shape index (κ2) is 8.19. The van der Waals surface area contributed by atoms with Gasteiger partial charge in [-0.05, 0) is 61.6 Å². The maximum Gasteiger partial charge on any atom is 0.243 e. The largest absolute Gasteiger partial charge is 0.354 e. The van der Waals surface area contributed by atoms with E-state index in [-0.39, 0.29) is 17.3 Å². The van der Waals surface area contributed by atoms with E-state index in [0.717, 1.165) is 23.3 Å². The van der Waals surface area contributed by atoms with Gasteiger partial charge in [-0.3, -0.25) is 4.79 Å². The molecule has 1 aliphatic rings. The molecule has 0 saturated carbocycles. The van der Waals surface area contributed by atoms with Crippen LogP contribution in [0.25, 0.3) is 0 Å². The molecular weight excluding hydrogens is 367 g/mol. The first-order chi connectivity index (χ1) is 12.9. The monoisotopic (exact) mass is 390 g/mol. The highest BCUT2D eigenvalue weighted by Gasteiger charge is 2.39. The highest BCUT2D eigenvalue weighted by molar-refractivity contribution is 7.89. The van der Waals surface area contributed by atoms with Crippen LogP contribution in [-0.4, -0.2) is 37.8 Å². The number of hydrogen-bond donors (Lipinski definition) is 1. The Balaban J connectivity index is 1.65. The second-order valence-electron chi connectivity index (χ2n) is 6.70. The Bertz CT molecular complexity index is 913. The van der Waals surface area contributed by atoms with Crippen LogP contribution in [0.2, 0.25) is 0 Å². The van der Waals surface area contributed by atoms with Crippen molar-refractivity contribution < 1.29 is 17.6 Å². The number of sulfonamides is 1. The summed E-state index contributed by atoms with van der Waals surface area (Å²) in [4.78, 5) is 12.6. The normalized spacial score (nSPS) is 17.8. The van der Waals surface area contributed by atoms with Gasteiger partial charge in [-0.2, -0.15) is 4.31 Å². The molecule has 0 aliphatic carbocycles. The molecule has 144 valence electrons. The summed E-state index contributed by atoms with van der Waals surface area (Å²) in [5, 5.41) is 2.86. The molecule has 2 aromatic carbocycles. The van der Waals surface area contributed by atoms with Gasteiger partial charge >= 0.3 is 0 Å². The van der Waals surface area contributed by atoms with Crippen LogP contribution in [0.15, 0.2) is 53.4 Å². The molecule has 0 aromatic heterocycles. The summed E-state index contributed by atoms with van der Waals surface area (Å²) in [7, 11) is -3.83. The minimum atomic E-state index is -3.83. The summed E-state index contributed by atoms with van der Waals surface area (Å²) in [6, 6.07) is 11.9. The maximum atomic E-state index is 13.1. The van der Waals surface area contributed by atoms with Gasteiger partial charge in [-0.15, -0.1) is 0 Å². The average molecular weight is 390 g/mol. The number of hydrogen-bond acceptors (Lipinski definition) is 3. The van der Waals surface area contributed by atoms with Crippen molar-refractivity contribution in [2.24, 2.45) is 0 Å². The molecule has 5 nitrogen and oxygen atoms in total. The van der Waals surface area contributed by atoms with Crippen LogP contribution in [-0.2, 0) is 21.2 Å². The number of carbonyl (C=O) groups excluding carboxylic acids is 1. The Kier molecular flexibility index (Phi) is 5.92. The first-order valence-electron chi connectivity index (χ1n) is 8.99. The van der Waals surface area contributed by atoms with Gasteiger partial charge in [-0.25, -0.2) is 12.8 Å². The fraction of sp³-hybridized carbons (Fsp3) is 0.350. The van der Waals surface area contributed by atoms with Crippen molar-refractivity contribution in [1.82, 2.24) is 9.62 Å². The van der Waals surface area contributed by atoms with Crippen molar-refractivity contribution in [2.45, 2.75) is 37.1 Å². The number of rotatable bonds is 6. The maximum absolute atomic E-state index is 13.1. The summed E-state index contributed by atoms with van der Waals surface area (Å²) in [6.45, 7) is 2.76. The summed E-state index contributed by atoms with van der Waals surface area (Å²) >= 11 is 0. The van der Waals surface area contributed by atoms with Crippen LogP contribution in [0.3, 0.4) is 0 Å². The number of amides is 1. The zero-order valence-corrected chi connectivity index (χ0v) is 16.0. The Morgan fingerprint density at radius 2 is 1.89 bits per heavy atom. The lowest BCUT2D eigenvalue weighted by atomic mass is 10.1. The first kappa shape index (κ1) is 19.5. The topological polar surface area (TPSA) is 66.5 Å². The van der Waals surface area contributed by atoms with E-state index in [2.05, 4.69) is 5.32 Å². The van der Waals surface area contributed by atoms with Gasteiger partial charge in [0, 0.05) is 13.1 Å². The highest BCUT2D eigenvalue weighted by atomic mass is 32.2. The van der Waals surface area contributed by atoms with Gasteiger partial charge in [-0.1, -0.05) is 24.3 Å². The van der Waals surface area contributed by atoms with Crippen LogP contribution in [0.4, 0.5) is 4.39 Å². The van der Waals surface area contributed by atoms with E-state index in [1.54, 1.807) is 0 Å². The van der Waals surface area contributed by atoms with Crippen LogP contribution >= 0.6 is 0 Å². The molecule has 27 heavy (non-hydrogen) atoms. The van der Waals surface area contributed by atoms with E-state index in [9.17, 15) is 17.6 Å². The molecule has 0 bridgehead atoms. The molecule has 7 heteroatoms. The van der Waals surface area contributed by atoms with Crippen molar-refractivity contribution in [2.75, 3.05) is 13.1 Å². The zero-order valence-electron chi connectivity index (χ0n) is 15.2. The molecule has 1 fully saturated rings. The third-order valence-electron chi connectivity index (χ3n) is 4.88. The minimum absolute atomic E-state index is 0.00325. The van der Waals surface area contributed by atoms with Gasteiger partial charge in [0.25, 0.3) is 0 Å². The van der Waals surface area contributed by atoms with E-state index in [1.165, 1.54) is 16.4 Å². The predicted molar refractivity (Wildman–Crippen MR) is 101 cm³/mol. The Labute approximate surface area is 159 Å². The molecule has 1 saturated heterocycles. The van der Waals surface area contributed by atoms with E-state index < -0.39 is 21.9 Å². The fourth-order valence-electron chi connectivity index (χ4n) is 3.36. The molecule has 1 heterocycles. The van der Waals surface area contributed by atoms with Crippen LogP contribution in [0.1, 0.15) is 24.0 Å². The standard InChI is InChI=1S/C20H23FN2O3S/c1-15-5-2-3-6-16(15)12-13-22-20(24)19-7-4-14-23(19)27(25,26)18-10-8-17(21)9-11-18/h2-3,5-6,8-11,19H,4,7,12-14H2,1H3,(H,22,24). The molecule has 1 atom stereocenters. The molecule has 1 unspecified atom stereocenters. The summed E-state index contributed by atoms with van der Waals surface area (Å²) < 4.78 is 40.0. The quantitative estimate of drug-likeness (QED) is 0.825. The predicted octanol–water partition coefficient (Wildman–Crippen LogP) is 2.65. The molecule has 1 aliphatic heterocycles. The Morgan fingerprint density at radius 1 is 1.19 bits per heavy atom. The molecule has 1 amide bonds. The summed E-state index contributed by atoms with van der Waals surface area (Å²) in [5.74, 6) is -0.785. The zero-order chi connectivity index (χ0) is 19.4. The Morgan fingerprint density at radius 3 is 2.59 bits per heavy atom. The lowest BCUT2D eigenvalue weighted by Gasteiger charge is -2.23. The molecule has 0 spiro atoms. The van der Waals surface area contributed by atoms with Crippen molar-refractivity contribution in [3.8, 4) is 0 Å². The number of carbonyl (C=O) groups is 1. The van der Waals surface area contributed by atoms with Crippen LogP contribution in [0, 0.1) is 12.7 Å². The van der Waals surface area contributed by atoms with Gasteiger partial charge < -0.3 is 5.32 Å². The third-order valence-corrected chi connectivity index (χ3v) is 6.80. The van der Waals surface area contributed by atoms with E-state index >= 15 is 0 Å². The number of nitrogens with zero attached hydrogens (tertiary/aromatic N) is 1. The second-order valence-corrected chi connectivity index (χ2v) is 8.59. The molecule has 2 aromatic rings. The van der Waals surface area contributed by atoms with Crippen LogP contribution in [0.5, 0.6) is 0 Å².